The first-order chi connectivity index (χ1) is 14.0. The summed E-state index contributed by atoms with van der Waals surface area (Å²) in [5, 5.41) is 0.551. The van der Waals surface area contributed by atoms with Crippen LogP contribution in [-0.4, -0.2) is 62.5 Å². The van der Waals surface area contributed by atoms with E-state index in [-0.39, 0.29) is 6.04 Å². The van der Waals surface area contributed by atoms with Gasteiger partial charge in [-0.3, -0.25) is 9.80 Å². The second kappa shape index (κ2) is 9.65. The van der Waals surface area contributed by atoms with E-state index in [9.17, 15) is 8.42 Å². The number of nitrogens with zero attached hydrogens (tertiary/aromatic N) is 2. The highest BCUT2D eigenvalue weighted by Crippen LogP contribution is 2.28. The topological polar surface area (TPSA) is 52.7 Å². The summed E-state index contributed by atoms with van der Waals surface area (Å²) in [6.45, 7) is 4.36. The Bertz CT molecular complexity index is 757. The molecule has 0 amide bonds. The Morgan fingerprint density at radius 3 is 2.07 bits per heavy atom. The number of hydrogen-bond donors (Lipinski definition) is 1. The van der Waals surface area contributed by atoms with E-state index in [1.54, 1.807) is 24.3 Å². The maximum absolute atomic E-state index is 12.9. The minimum atomic E-state index is -3.52. The van der Waals surface area contributed by atoms with Gasteiger partial charge in [0.15, 0.2) is 0 Å². The first-order valence-electron chi connectivity index (χ1n) is 11.3. The quantitative estimate of drug-likeness (QED) is 0.756. The molecular formula is C22H34ClN3O2S. The standard InChI is InChI=1S/C22H34ClN3O2S/c23-18-10-12-20(13-11-18)29(27,28)24-21-8-4-5-9-22(21)26-16-14-25(15-17-26)19-6-2-1-3-7-19/h10-13,19,21-22,24H,1-9,14-17H2/t21-,22-/m0/s1. The Morgan fingerprint density at radius 2 is 1.38 bits per heavy atom. The maximum atomic E-state index is 12.9. The van der Waals surface area contributed by atoms with Crippen molar-refractivity contribution in [2.24, 2.45) is 0 Å². The van der Waals surface area contributed by atoms with E-state index in [1.165, 1.54) is 38.5 Å². The van der Waals surface area contributed by atoms with Gasteiger partial charge in [0.1, 0.15) is 0 Å². The van der Waals surface area contributed by atoms with E-state index in [0.29, 0.717) is 16.0 Å². The van der Waals surface area contributed by atoms with Crippen LogP contribution in [0, 0.1) is 0 Å². The van der Waals surface area contributed by atoms with E-state index in [0.717, 1.165) is 51.5 Å². The molecule has 0 radical (unpaired) electrons. The van der Waals surface area contributed by atoms with Crippen LogP contribution in [0.1, 0.15) is 57.8 Å². The van der Waals surface area contributed by atoms with Crippen LogP contribution in [0.4, 0.5) is 0 Å². The zero-order valence-electron chi connectivity index (χ0n) is 17.2. The molecule has 5 nitrogen and oxygen atoms in total. The van der Waals surface area contributed by atoms with Crippen LogP contribution in [0.2, 0.25) is 5.02 Å². The monoisotopic (exact) mass is 439 g/mol. The SMILES string of the molecule is O=S(=O)(N[C@H]1CCCC[C@@H]1N1CCN(C2CCCCC2)CC1)c1ccc(Cl)cc1. The number of halogens is 1. The summed E-state index contributed by atoms with van der Waals surface area (Å²) in [4.78, 5) is 5.53. The molecule has 1 aromatic rings. The lowest BCUT2D eigenvalue weighted by Crippen LogP contribution is -2.59. The van der Waals surface area contributed by atoms with Gasteiger partial charge >= 0.3 is 0 Å². The molecule has 29 heavy (non-hydrogen) atoms. The van der Waals surface area contributed by atoms with Gasteiger partial charge in [-0.25, -0.2) is 13.1 Å². The average molecular weight is 440 g/mol. The Morgan fingerprint density at radius 1 is 0.793 bits per heavy atom. The van der Waals surface area contributed by atoms with Crippen LogP contribution in [0.25, 0.3) is 0 Å². The second-order valence-electron chi connectivity index (χ2n) is 8.90. The van der Waals surface area contributed by atoms with Crippen molar-refractivity contribution < 1.29 is 8.42 Å². The van der Waals surface area contributed by atoms with Gasteiger partial charge in [-0.1, -0.05) is 43.7 Å². The Labute approximate surface area is 180 Å². The van der Waals surface area contributed by atoms with Crippen LogP contribution in [-0.2, 0) is 10.0 Å². The second-order valence-corrected chi connectivity index (χ2v) is 11.0. The van der Waals surface area contributed by atoms with Crippen LogP contribution < -0.4 is 4.72 Å². The fraction of sp³-hybridized carbons (Fsp3) is 0.727. The molecule has 2 atom stereocenters. The van der Waals surface area contributed by atoms with Crippen molar-refractivity contribution in [1.29, 1.82) is 0 Å². The molecule has 2 aliphatic carbocycles. The summed E-state index contributed by atoms with van der Waals surface area (Å²) in [6, 6.07) is 7.52. The maximum Gasteiger partial charge on any atom is 0.240 e. The number of piperazine rings is 1. The fourth-order valence-corrected chi connectivity index (χ4v) is 6.88. The van der Waals surface area contributed by atoms with Crippen molar-refractivity contribution in [2.45, 2.75) is 80.8 Å². The molecule has 1 saturated heterocycles. The molecule has 1 aromatic carbocycles. The van der Waals surface area contributed by atoms with Gasteiger partial charge in [0.05, 0.1) is 4.90 Å². The summed E-state index contributed by atoms with van der Waals surface area (Å²) < 4.78 is 28.9. The van der Waals surface area contributed by atoms with Crippen molar-refractivity contribution in [3.05, 3.63) is 29.3 Å². The number of nitrogens with one attached hydrogen (secondary N) is 1. The molecule has 0 spiro atoms. The summed E-state index contributed by atoms with van der Waals surface area (Å²) in [7, 11) is -3.52. The molecule has 0 bridgehead atoms. The number of rotatable bonds is 5. The van der Waals surface area contributed by atoms with Crippen molar-refractivity contribution >= 4 is 21.6 Å². The van der Waals surface area contributed by atoms with Gasteiger partial charge in [-0.05, 0) is 49.9 Å². The van der Waals surface area contributed by atoms with E-state index in [1.807, 2.05) is 0 Å². The first kappa shape index (κ1) is 21.6. The Kier molecular flexibility index (Phi) is 7.18. The molecule has 162 valence electrons. The van der Waals surface area contributed by atoms with Gasteiger partial charge in [-0.15, -0.1) is 0 Å². The van der Waals surface area contributed by atoms with Gasteiger partial charge in [0.25, 0.3) is 0 Å². The third-order valence-electron chi connectivity index (χ3n) is 7.07. The molecule has 0 aromatic heterocycles. The predicted octanol–water partition coefficient (Wildman–Crippen LogP) is 3.88. The molecule has 1 heterocycles. The normalized spacial score (nSPS) is 28.4. The first-order valence-corrected chi connectivity index (χ1v) is 13.1. The summed E-state index contributed by atoms with van der Waals surface area (Å²) in [6.07, 6.45) is 11.1. The third-order valence-corrected chi connectivity index (χ3v) is 8.83. The molecule has 2 saturated carbocycles. The molecule has 3 fully saturated rings. The number of benzene rings is 1. The van der Waals surface area contributed by atoms with E-state index < -0.39 is 10.0 Å². The minimum Gasteiger partial charge on any atom is -0.298 e. The van der Waals surface area contributed by atoms with Gasteiger partial charge in [0, 0.05) is 49.3 Å². The lowest BCUT2D eigenvalue weighted by atomic mass is 9.89. The highest BCUT2D eigenvalue weighted by molar-refractivity contribution is 7.89. The third kappa shape index (κ3) is 5.34. The molecule has 3 aliphatic rings. The van der Waals surface area contributed by atoms with Crippen LogP contribution >= 0.6 is 11.6 Å². The molecule has 4 rings (SSSR count). The zero-order chi connectivity index (χ0) is 20.3. The van der Waals surface area contributed by atoms with E-state index in [2.05, 4.69) is 14.5 Å². The van der Waals surface area contributed by atoms with Gasteiger partial charge in [-0.2, -0.15) is 0 Å². The summed E-state index contributed by atoms with van der Waals surface area (Å²) in [5.74, 6) is 0. The van der Waals surface area contributed by atoms with E-state index in [4.69, 9.17) is 11.6 Å². The van der Waals surface area contributed by atoms with E-state index >= 15 is 0 Å². The highest BCUT2D eigenvalue weighted by atomic mass is 35.5. The van der Waals surface area contributed by atoms with Crippen molar-refractivity contribution in [3.8, 4) is 0 Å². The molecule has 7 heteroatoms. The Hall–Kier alpha value is -0.660. The smallest absolute Gasteiger partial charge is 0.240 e. The van der Waals surface area contributed by atoms with Crippen LogP contribution in [0.15, 0.2) is 29.2 Å². The van der Waals surface area contributed by atoms with Gasteiger partial charge in [0.2, 0.25) is 10.0 Å². The van der Waals surface area contributed by atoms with Crippen molar-refractivity contribution in [3.63, 3.8) is 0 Å². The summed E-state index contributed by atoms with van der Waals surface area (Å²) in [5.41, 5.74) is 0. The average Bonchev–Trinajstić information content (AvgIpc) is 2.75. The predicted molar refractivity (Wildman–Crippen MR) is 118 cm³/mol. The fourth-order valence-electron chi connectivity index (χ4n) is 5.45. The van der Waals surface area contributed by atoms with Crippen LogP contribution in [0.3, 0.4) is 0 Å². The van der Waals surface area contributed by atoms with Crippen molar-refractivity contribution in [1.82, 2.24) is 14.5 Å². The highest BCUT2D eigenvalue weighted by Gasteiger charge is 2.35. The number of sulfonamides is 1. The molecule has 1 aliphatic heterocycles. The molecular weight excluding hydrogens is 406 g/mol. The zero-order valence-corrected chi connectivity index (χ0v) is 18.8. The molecule has 0 unspecified atom stereocenters. The minimum absolute atomic E-state index is 0.00865. The Balaban J connectivity index is 1.38. The summed E-state index contributed by atoms with van der Waals surface area (Å²) >= 11 is 5.92. The largest absolute Gasteiger partial charge is 0.298 e. The molecule has 1 N–H and O–H groups in total. The van der Waals surface area contributed by atoms with Gasteiger partial charge < -0.3 is 0 Å². The lowest BCUT2D eigenvalue weighted by molar-refractivity contribution is 0.0380. The number of hydrogen-bond acceptors (Lipinski definition) is 4. The van der Waals surface area contributed by atoms with Crippen LogP contribution in [0.5, 0.6) is 0 Å². The lowest BCUT2D eigenvalue weighted by Gasteiger charge is -2.46. The van der Waals surface area contributed by atoms with Crippen molar-refractivity contribution in [2.75, 3.05) is 26.2 Å².